The topological polar surface area (TPSA) is 29.4 Å². The fraction of sp³-hybridized carbons (Fsp3) is 0.778. The standard InChI is InChI=1S/C9H17NO/c1-3-4-5-6-9(2)7-8-10-11/h5-6,9H,3-4,7-8H2,1-2H3/b6-5+/t9-/m1/s1. The molecule has 2 nitrogen and oxygen atoms in total. The number of unbranched alkanes of at least 4 members (excludes halogenated alkanes) is 1. The Morgan fingerprint density at radius 3 is 2.82 bits per heavy atom. The molecule has 0 saturated carbocycles. The van der Waals surface area contributed by atoms with Crippen molar-refractivity contribution < 1.29 is 0 Å². The van der Waals surface area contributed by atoms with Gasteiger partial charge < -0.3 is 0 Å². The first-order valence-electron chi connectivity index (χ1n) is 4.27. The van der Waals surface area contributed by atoms with Gasteiger partial charge in [-0.15, -0.1) is 0 Å². The van der Waals surface area contributed by atoms with Crippen LogP contribution in [0, 0.1) is 10.8 Å². The lowest BCUT2D eigenvalue weighted by Crippen LogP contribution is -1.91. The van der Waals surface area contributed by atoms with Gasteiger partial charge >= 0.3 is 0 Å². The SMILES string of the molecule is CCC/C=C/[C@@H](C)CCN=O. The van der Waals surface area contributed by atoms with Crippen LogP contribution in [0.3, 0.4) is 0 Å². The van der Waals surface area contributed by atoms with Crippen molar-refractivity contribution in [2.24, 2.45) is 11.1 Å². The molecule has 0 heterocycles. The number of rotatable bonds is 6. The van der Waals surface area contributed by atoms with Crippen molar-refractivity contribution in [3.05, 3.63) is 17.1 Å². The van der Waals surface area contributed by atoms with E-state index in [-0.39, 0.29) is 0 Å². The van der Waals surface area contributed by atoms with Gasteiger partial charge in [-0.05, 0) is 18.8 Å². The van der Waals surface area contributed by atoms with E-state index in [1.54, 1.807) is 0 Å². The quantitative estimate of drug-likeness (QED) is 0.428. The van der Waals surface area contributed by atoms with Gasteiger partial charge in [0.1, 0.15) is 0 Å². The van der Waals surface area contributed by atoms with Crippen molar-refractivity contribution in [2.75, 3.05) is 6.54 Å². The van der Waals surface area contributed by atoms with Crippen LogP contribution in [0.15, 0.2) is 17.3 Å². The zero-order chi connectivity index (χ0) is 8.53. The monoisotopic (exact) mass is 155 g/mol. The fourth-order valence-corrected chi connectivity index (χ4v) is 0.848. The maximum atomic E-state index is 9.77. The molecule has 0 rings (SSSR count). The largest absolute Gasteiger partial charge is 0.151 e. The molecule has 0 radical (unpaired) electrons. The molecule has 0 bridgehead atoms. The van der Waals surface area contributed by atoms with Crippen molar-refractivity contribution in [1.82, 2.24) is 0 Å². The Balaban J connectivity index is 3.33. The maximum absolute atomic E-state index is 9.77. The van der Waals surface area contributed by atoms with Gasteiger partial charge in [0.2, 0.25) is 0 Å². The average molecular weight is 155 g/mol. The first-order valence-corrected chi connectivity index (χ1v) is 4.27. The number of nitrogens with zero attached hydrogens (tertiary/aromatic N) is 1. The third-order valence-electron chi connectivity index (χ3n) is 1.60. The van der Waals surface area contributed by atoms with Crippen molar-refractivity contribution >= 4 is 0 Å². The van der Waals surface area contributed by atoms with Crippen LogP contribution in [-0.2, 0) is 0 Å². The van der Waals surface area contributed by atoms with E-state index in [0.717, 1.165) is 12.8 Å². The van der Waals surface area contributed by atoms with E-state index >= 15 is 0 Å². The molecule has 2 heteroatoms. The molecule has 0 saturated heterocycles. The van der Waals surface area contributed by atoms with E-state index in [4.69, 9.17) is 0 Å². The molecule has 0 fully saturated rings. The summed E-state index contributed by atoms with van der Waals surface area (Å²) in [7, 11) is 0. The minimum Gasteiger partial charge on any atom is -0.151 e. The zero-order valence-corrected chi connectivity index (χ0v) is 7.42. The van der Waals surface area contributed by atoms with E-state index in [1.165, 1.54) is 6.42 Å². The van der Waals surface area contributed by atoms with Crippen LogP contribution < -0.4 is 0 Å². The van der Waals surface area contributed by atoms with Crippen LogP contribution in [0.2, 0.25) is 0 Å². The van der Waals surface area contributed by atoms with Crippen molar-refractivity contribution in [2.45, 2.75) is 33.1 Å². The van der Waals surface area contributed by atoms with Crippen LogP contribution in [0.4, 0.5) is 0 Å². The molecule has 0 aliphatic rings. The van der Waals surface area contributed by atoms with Crippen LogP contribution in [0.5, 0.6) is 0 Å². The van der Waals surface area contributed by atoms with Crippen LogP contribution >= 0.6 is 0 Å². The van der Waals surface area contributed by atoms with Gasteiger partial charge in [-0.1, -0.05) is 37.6 Å². The molecule has 0 aromatic heterocycles. The Kier molecular flexibility index (Phi) is 7.00. The smallest absolute Gasteiger partial charge is 0.0816 e. The second-order valence-corrected chi connectivity index (χ2v) is 2.84. The van der Waals surface area contributed by atoms with E-state index < -0.39 is 0 Å². The molecule has 0 spiro atoms. The van der Waals surface area contributed by atoms with Crippen LogP contribution in [0.1, 0.15) is 33.1 Å². The maximum Gasteiger partial charge on any atom is 0.0816 e. The second-order valence-electron chi connectivity index (χ2n) is 2.84. The summed E-state index contributed by atoms with van der Waals surface area (Å²) in [5.41, 5.74) is 0. The molecule has 0 amide bonds. The average Bonchev–Trinajstić information content (AvgIpc) is 2.01. The van der Waals surface area contributed by atoms with Gasteiger partial charge in [0.15, 0.2) is 0 Å². The third kappa shape index (κ3) is 7.23. The molecular weight excluding hydrogens is 138 g/mol. The molecule has 0 aromatic carbocycles. The summed E-state index contributed by atoms with van der Waals surface area (Å²) in [6.07, 6.45) is 7.54. The highest BCUT2D eigenvalue weighted by Crippen LogP contribution is 2.04. The lowest BCUT2D eigenvalue weighted by atomic mass is 10.1. The molecule has 0 aliphatic heterocycles. The predicted octanol–water partition coefficient (Wildman–Crippen LogP) is 3.14. The Morgan fingerprint density at radius 1 is 1.55 bits per heavy atom. The van der Waals surface area contributed by atoms with Crippen LogP contribution in [0.25, 0.3) is 0 Å². The minimum atomic E-state index is 0.442. The normalized spacial score (nSPS) is 13.6. The minimum absolute atomic E-state index is 0.442. The Labute approximate surface area is 68.7 Å². The van der Waals surface area contributed by atoms with E-state index in [0.29, 0.717) is 12.5 Å². The highest BCUT2D eigenvalue weighted by Gasteiger charge is 1.94. The summed E-state index contributed by atoms with van der Waals surface area (Å²) in [5.74, 6) is 0.499. The molecule has 11 heavy (non-hydrogen) atoms. The molecule has 0 unspecified atom stereocenters. The van der Waals surface area contributed by atoms with Crippen molar-refractivity contribution in [3.63, 3.8) is 0 Å². The molecule has 0 aromatic rings. The second kappa shape index (κ2) is 7.45. The Bertz CT molecular complexity index is 121. The van der Waals surface area contributed by atoms with Gasteiger partial charge in [-0.2, -0.15) is 4.91 Å². The van der Waals surface area contributed by atoms with Gasteiger partial charge in [0.05, 0.1) is 6.54 Å². The number of hydrogen-bond donors (Lipinski definition) is 0. The summed E-state index contributed by atoms with van der Waals surface area (Å²) in [4.78, 5) is 9.77. The molecule has 1 atom stereocenters. The van der Waals surface area contributed by atoms with Crippen molar-refractivity contribution in [1.29, 1.82) is 0 Å². The number of nitroso groups, excluding NO2 is 1. The predicted molar refractivity (Wildman–Crippen MR) is 48.5 cm³/mol. The lowest BCUT2D eigenvalue weighted by Gasteiger charge is -2.00. The Hall–Kier alpha value is -0.660. The summed E-state index contributed by atoms with van der Waals surface area (Å²) in [6, 6.07) is 0. The molecule has 64 valence electrons. The van der Waals surface area contributed by atoms with Gasteiger partial charge in [-0.25, -0.2) is 0 Å². The van der Waals surface area contributed by atoms with E-state index in [2.05, 4.69) is 31.2 Å². The summed E-state index contributed by atoms with van der Waals surface area (Å²) in [5, 5.41) is 2.82. The van der Waals surface area contributed by atoms with E-state index in [9.17, 15) is 4.91 Å². The summed E-state index contributed by atoms with van der Waals surface area (Å²) in [6.45, 7) is 4.71. The summed E-state index contributed by atoms with van der Waals surface area (Å²) >= 11 is 0. The summed E-state index contributed by atoms with van der Waals surface area (Å²) < 4.78 is 0. The molecular formula is C9H17NO. The third-order valence-corrected chi connectivity index (χ3v) is 1.60. The highest BCUT2D eigenvalue weighted by molar-refractivity contribution is 4.86. The van der Waals surface area contributed by atoms with Gasteiger partial charge in [0.25, 0.3) is 0 Å². The highest BCUT2D eigenvalue weighted by atomic mass is 16.3. The molecule has 0 aliphatic carbocycles. The fourth-order valence-electron chi connectivity index (χ4n) is 0.848. The van der Waals surface area contributed by atoms with Gasteiger partial charge in [-0.3, -0.25) is 0 Å². The number of allylic oxidation sites excluding steroid dienone is 2. The number of hydrogen-bond acceptors (Lipinski definition) is 2. The van der Waals surface area contributed by atoms with Crippen LogP contribution in [-0.4, -0.2) is 6.54 Å². The van der Waals surface area contributed by atoms with Gasteiger partial charge in [0, 0.05) is 0 Å². The Morgan fingerprint density at radius 2 is 2.27 bits per heavy atom. The molecule has 0 N–H and O–H groups in total. The van der Waals surface area contributed by atoms with Crippen molar-refractivity contribution in [3.8, 4) is 0 Å². The first-order chi connectivity index (χ1) is 5.31. The first kappa shape index (κ1) is 10.3. The van der Waals surface area contributed by atoms with E-state index in [1.807, 2.05) is 0 Å². The zero-order valence-electron chi connectivity index (χ0n) is 7.42. The lowest BCUT2D eigenvalue weighted by molar-refractivity contribution is 0.654.